The van der Waals surface area contributed by atoms with Crippen LogP contribution in [0.4, 0.5) is 8.78 Å². The van der Waals surface area contributed by atoms with Crippen LogP contribution in [0.3, 0.4) is 0 Å². The molecule has 0 spiro atoms. The van der Waals surface area contributed by atoms with Gasteiger partial charge in [0.15, 0.2) is 11.6 Å². The Labute approximate surface area is 86.2 Å². The highest BCUT2D eigenvalue weighted by Crippen LogP contribution is 2.40. The quantitative estimate of drug-likeness (QED) is 0.710. The zero-order valence-corrected chi connectivity index (χ0v) is 8.09. The standard InChI is InChI=1S/C11H11F2NO/c12-7-4-6-10(5-8(7)13)15-9-2-1-3-14-11(6)9/h4-5,9,11,14H,1-3H2/t9?,11-/m0/s1. The van der Waals surface area contributed by atoms with Gasteiger partial charge in [-0.25, -0.2) is 8.78 Å². The highest BCUT2D eigenvalue weighted by molar-refractivity contribution is 5.42. The zero-order chi connectivity index (χ0) is 10.4. The second-order valence-electron chi connectivity index (χ2n) is 4.03. The number of rotatable bonds is 0. The molecule has 1 aromatic rings. The number of benzene rings is 1. The molecule has 2 atom stereocenters. The third kappa shape index (κ3) is 1.32. The minimum Gasteiger partial charge on any atom is -0.488 e. The molecule has 1 aromatic carbocycles. The van der Waals surface area contributed by atoms with Crippen LogP contribution in [0.2, 0.25) is 0 Å². The molecule has 0 bridgehead atoms. The van der Waals surface area contributed by atoms with Crippen molar-refractivity contribution in [1.29, 1.82) is 0 Å². The van der Waals surface area contributed by atoms with Crippen LogP contribution in [0.1, 0.15) is 24.4 Å². The van der Waals surface area contributed by atoms with Gasteiger partial charge in [0.2, 0.25) is 0 Å². The van der Waals surface area contributed by atoms with Crippen molar-refractivity contribution in [3.05, 3.63) is 29.3 Å². The average Bonchev–Trinajstić information content (AvgIpc) is 2.57. The van der Waals surface area contributed by atoms with E-state index in [0.29, 0.717) is 5.75 Å². The Hall–Kier alpha value is -1.16. The molecule has 1 unspecified atom stereocenters. The summed E-state index contributed by atoms with van der Waals surface area (Å²) in [4.78, 5) is 0. The summed E-state index contributed by atoms with van der Waals surface area (Å²) < 4.78 is 31.6. The van der Waals surface area contributed by atoms with E-state index >= 15 is 0 Å². The first kappa shape index (κ1) is 9.09. The topological polar surface area (TPSA) is 21.3 Å². The summed E-state index contributed by atoms with van der Waals surface area (Å²) in [6.45, 7) is 0.906. The predicted molar refractivity (Wildman–Crippen MR) is 50.8 cm³/mol. The molecular weight excluding hydrogens is 200 g/mol. The van der Waals surface area contributed by atoms with E-state index in [1.54, 1.807) is 0 Å². The molecule has 3 rings (SSSR count). The van der Waals surface area contributed by atoms with E-state index in [2.05, 4.69) is 5.32 Å². The summed E-state index contributed by atoms with van der Waals surface area (Å²) in [5.74, 6) is -1.16. The third-order valence-electron chi connectivity index (χ3n) is 3.07. The summed E-state index contributed by atoms with van der Waals surface area (Å²) in [6.07, 6.45) is 2.02. The molecular formula is C11H11F2NO. The zero-order valence-electron chi connectivity index (χ0n) is 8.09. The average molecular weight is 211 g/mol. The van der Waals surface area contributed by atoms with Crippen molar-refractivity contribution in [1.82, 2.24) is 5.32 Å². The first-order valence-corrected chi connectivity index (χ1v) is 5.14. The van der Waals surface area contributed by atoms with Crippen molar-refractivity contribution in [2.24, 2.45) is 0 Å². The Morgan fingerprint density at radius 3 is 2.93 bits per heavy atom. The van der Waals surface area contributed by atoms with E-state index in [1.165, 1.54) is 6.07 Å². The Morgan fingerprint density at radius 1 is 1.27 bits per heavy atom. The normalized spacial score (nSPS) is 28.1. The van der Waals surface area contributed by atoms with E-state index in [9.17, 15) is 8.78 Å². The highest BCUT2D eigenvalue weighted by atomic mass is 19.2. The van der Waals surface area contributed by atoms with E-state index in [1.807, 2.05) is 0 Å². The number of halogens is 2. The molecule has 4 heteroatoms. The van der Waals surface area contributed by atoms with Crippen LogP contribution in [0.15, 0.2) is 12.1 Å². The number of nitrogens with one attached hydrogen (secondary N) is 1. The van der Waals surface area contributed by atoms with Gasteiger partial charge < -0.3 is 10.1 Å². The molecule has 1 saturated heterocycles. The summed E-state index contributed by atoms with van der Waals surface area (Å²) in [7, 11) is 0. The van der Waals surface area contributed by atoms with Gasteiger partial charge in [-0.3, -0.25) is 0 Å². The van der Waals surface area contributed by atoms with Gasteiger partial charge in [-0.15, -0.1) is 0 Å². The Kier molecular flexibility index (Phi) is 1.92. The third-order valence-corrected chi connectivity index (χ3v) is 3.07. The molecule has 2 aliphatic heterocycles. The number of piperidine rings is 1. The van der Waals surface area contributed by atoms with Crippen LogP contribution >= 0.6 is 0 Å². The van der Waals surface area contributed by atoms with Crippen LogP contribution < -0.4 is 10.1 Å². The van der Waals surface area contributed by atoms with E-state index in [4.69, 9.17) is 4.74 Å². The molecule has 80 valence electrons. The molecule has 1 fully saturated rings. The van der Waals surface area contributed by atoms with Gasteiger partial charge >= 0.3 is 0 Å². The lowest BCUT2D eigenvalue weighted by atomic mass is 9.97. The molecule has 2 nitrogen and oxygen atoms in total. The summed E-state index contributed by atoms with van der Waals surface area (Å²) in [5.41, 5.74) is 0.749. The van der Waals surface area contributed by atoms with Gasteiger partial charge in [0.25, 0.3) is 0 Å². The molecule has 15 heavy (non-hydrogen) atoms. The maximum absolute atomic E-state index is 13.1. The Bertz CT molecular complexity index is 408. The fourth-order valence-corrected chi connectivity index (χ4v) is 2.35. The van der Waals surface area contributed by atoms with Gasteiger partial charge in [0.1, 0.15) is 11.9 Å². The lowest BCUT2D eigenvalue weighted by molar-refractivity contribution is 0.154. The van der Waals surface area contributed by atoms with Crippen molar-refractivity contribution in [3.8, 4) is 5.75 Å². The molecule has 2 aliphatic rings. The Balaban J connectivity index is 2.04. The lowest BCUT2D eigenvalue weighted by Gasteiger charge is -2.25. The van der Waals surface area contributed by atoms with Crippen molar-refractivity contribution in [2.75, 3.05) is 6.54 Å². The van der Waals surface area contributed by atoms with Gasteiger partial charge in [0, 0.05) is 11.6 Å². The molecule has 0 saturated carbocycles. The largest absolute Gasteiger partial charge is 0.488 e. The number of hydrogen-bond acceptors (Lipinski definition) is 2. The molecule has 2 heterocycles. The van der Waals surface area contributed by atoms with Crippen molar-refractivity contribution >= 4 is 0 Å². The fraction of sp³-hybridized carbons (Fsp3) is 0.455. The first-order valence-electron chi connectivity index (χ1n) is 5.14. The second kappa shape index (κ2) is 3.17. The molecule has 0 radical (unpaired) electrons. The Morgan fingerprint density at radius 2 is 2.07 bits per heavy atom. The van der Waals surface area contributed by atoms with Crippen molar-refractivity contribution in [3.63, 3.8) is 0 Å². The van der Waals surface area contributed by atoms with Crippen LogP contribution in [0, 0.1) is 11.6 Å². The maximum Gasteiger partial charge on any atom is 0.162 e. The maximum atomic E-state index is 13.1. The van der Waals surface area contributed by atoms with E-state index in [0.717, 1.165) is 31.0 Å². The van der Waals surface area contributed by atoms with Crippen LogP contribution in [-0.4, -0.2) is 12.6 Å². The summed E-state index contributed by atoms with van der Waals surface area (Å²) in [6, 6.07) is 2.42. The SMILES string of the molecule is Fc1cc2c(cc1F)[C@@H]1NCCCC1O2. The smallest absolute Gasteiger partial charge is 0.162 e. The highest BCUT2D eigenvalue weighted by Gasteiger charge is 2.36. The predicted octanol–water partition coefficient (Wildman–Crippen LogP) is 2.15. The summed E-state index contributed by atoms with van der Waals surface area (Å²) >= 11 is 0. The summed E-state index contributed by atoms with van der Waals surface area (Å²) in [5, 5.41) is 3.27. The number of hydrogen-bond donors (Lipinski definition) is 1. The van der Waals surface area contributed by atoms with Gasteiger partial charge in [-0.05, 0) is 25.5 Å². The van der Waals surface area contributed by atoms with Crippen LogP contribution in [0.5, 0.6) is 5.75 Å². The first-order chi connectivity index (χ1) is 7.25. The van der Waals surface area contributed by atoms with Crippen molar-refractivity contribution < 1.29 is 13.5 Å². The minimum atomic E-state index is -0.840. The monoisotopic (exact) mass is 211 g/mol. The molecule has 0 amide bonds. The van der Waals surface area contributed by atoms with Gasteiger partial charge in [-0.2, -0.15) is 0 Å². The van der Waals surface area contributed by atoms with E-state index < -0.39 is 11.6 Å². The van der Waals surface area contributed by atoms with Gasteiger partial charge in [0.05, 0.1) is 6.04 Å². The minimum absolute atomic E-state index is 0.0313. The van der Waals surface area contributed by atoms with Gasteiger partial charge in [-0.1, -0.05) is 0 Å². The van der Waals surface area contributed by atoms with Crippen LogP contribution in [0.25, 0.3) is 0 Å². The lowest BCUT2D eigenvalue weighted by Crippen LogP contribution is -2.36. The second-order valence-corrected chi connectivity index (χ2v) is 4.03. The van der Waals surface area contributed by atoms with Crippen LogP contribution in [-0.2, 0) is 0 Å². The number of fused-ring (bicyclic) bond motifs is 3. The molecule has 0 aliphatic carbocycles. The van der Waals surface area contributed by atoms with E-state index in [-0.39, 0.29) is 12.1 Å². The molecule has 0 aromatic heterocycles. The molecule has 1 N–H and O–H groups in total. The number of ether oxygens (including phenoxy) is 1. The fourth-order valence-electron chi connectivity index (χ4n) is 2.35. The van der Waals surface area contributed by atoms with Crippen molar-refractivity contribution in [2.45, 2.75) is 25.0 Å².